The third-order valence-corrected chi connectivity index (χ3v) is 3.96. The lowest BCUT2D eigenvalue weighted by Crippen LogP contribution is -2.43. The van der Waals surface area contributed by atoms with Crippen molar-refractivity contribution in [2.75, 3.05) is 26.8 Å². The molecule has 1 aliphatic rings. The first-order valence-corrected chi connectivity index (χ1v) is 7.74. The highest BCUT2D eigenvalue weighted by molar-refractivity contribution is 5.93. The normalized spacial score (nSPS) is 18.0. The Morgan fingerprint density at radius 2 is 2.29 bits per heavy atom. The number of ether oxygens (including phenoxy) is 2. The van der Waals surface area contributed by atoms with Crippen molar-refractivity contribution in [2.45, 2.75) is 26.6 Å². The number of methoxy groups -OCH3 is 1. The van der Waals surface area contributed by atoms with Gasteiger partial charge < -0.3 is 18.9 Å². The van der Waals surface area contributed by atoms with Gasteiger partial charge in [-0.3, -0.25) is 4.79 Å². The zero-order valence-electron chi connectivity index (χ0n) is 14.0. The molecule has 2 aromatic rings. The predicted molar refractivity (Wildman–Crippen MR) is 83.3 cm³/mol. The Bertz CT molecular complexity index is 731. The molecule has 1 amide bonds. The Morgan fingerprint density at radius 3 is 3.04 bits per heavy atom. The molecule has 24 heavy (non-hydrogen) atoms. The van der Waals surface area contributed by atoms with Crippen molar-refractivity contribution in [3.8, 4) is 0 Å². The average molecular weight is 332 g/mol. The molecular weight excluding hydrogens is 312 g/mol. The summed E-state index contributed by atoms with van der Waals surface area (Å²) in [5.41, 5.74) is 1.76. The topological polar surface area (TPSA) is 90.6 Å². The van der Waals surface area contributed by atoms with Crippen LogP contribution in [0.15, 0.2) is 16.8 Å². The number of nitrogens with zero attached hydrogens (tertiary/aromatic N) is 4. The summed E-state index contributed by atoms with van der Waals surface area (Å²) in [5, 5.41) is 3.91. The van der Waals surface area contributed by atoms with E-state index in [1.54, 1.807) is 25.1 Å². The van der Waals surface area contributed by atoms with Crippen LogP contribution >= 0.6 is 0 Å². The molecular formula is C16H20N4O4. The second-order valence-electron chi connectivity index (χ2n) is 5.64. The van der Waals surface area contributed by atoms with Crippen LogP contribution < -0.4 is 0 Å². The summed E-state index contributed by atoms with van der Waals surface area (Å²) in [6, 6.07) is 1.81. The molecule has 3 heterocycles. The minimum atomic E-state index is -0.275. The van der Waals surface area contributed by atoms with Crippen LogP contribution in [0.3, 0.4) is 0 Å². The smallest absolute Gasteiger partial charge is 0.276 e. The molecule has 0 N–H and O–H groups in total. The summed E-state index contributed by atoms with van der Waals surface area (Å²) in [7, 11) is 1.57. The van der Waals surface area contributed by atoms with Gasteiger partial charge in [0.15, 0.2) is 5.69 Å². The van der Waals surface area contributed by atoms with Gasteiger partial charge in [-0.25, -0.2) is 9.97 Å². The third kappa shape index (κ3) is 3.29. The molecule has 0 spiro atoms. The van der Waals surface area contributed by atoms with E-state index in [-0.39, 0.29) is 18.6 Å². The van der Waals surface area contributed by atoms with Crippen molar-refractivity contribution in [2.24, 2.45) is 0 Å². The molecule has 0 aromatic carbocycles. The maximum Gasteiger partial charge on any atom is 0.276 e. The Kier molecular flexibility index (Phi) is 4.86. The first-order chi connectivity index (χ1) is 11.6. The number of rotatable bonds is 4. The highest BCUT2D eigenvalue weighted by Crippen LogP contribution is 2.23. The van der Waals surface area contributed by atoms with Gasteiger partial charge in [0.2, 0.25) is 0 Å². The van der Waals surface area contributed by atoms with Gasteiger partial charge in [0.25, 0.3) is 5.91 Å². The Morgan fingerprint density at radius 1 is 1.46 bits per heavy atom. The number of hydrogen-bond donors (Lipinski definition) is 0. The molecule has 1 atom stereocenters. The minimum absolute atomic E-state index is 0.182. The fraction of sp³-hybridized carbons (Fsp3) is 0.500. The van der Waals surface area contributed by atoms with E-state index in [4.69, 9.17) is 14.0 Å². The number of carbonyl (C=O) groups is 1. The Hall–Kier alpha value is -2.32. The molecule has 3 rings (SSSR count). The van der Waals surface area contributed by atoms with Crippen molar-refractivity contribution in [3.63, 3.8) is 0 Å². The fourth-order valence-electron chi connectivity index (χ4n) is 2.69. The number of aryl methyl sites for hydroxylation is 2. The molecule has 2 aromatic heterocycles. The van der Waals surface area contributed by atoms with Gasteiger partial charge in [0.1, 0.15) is 17.7 Å². The van der Waals surface area contributed by atoms with Gasteiger partial charge in [0.05, 0.1) is 31.0 Å². The molecule has 128 valence electrons. The molecule has 1 aliphatic heterocycles. The number of morpholine rings is 1. The molecule has 1 fully saturated rings. The Balaban J connectivity index is 1.78. The predicted octanol–water partition coefficient (Wildman–Crippen LogP) is 1.44. The quantitative estimate of drug-likeness (QED) is 0.836. The van der Waals surface area contributed by atoms with Crippen LogP contribution in [0.25, 0.3) is 0 Å². The fourth-order valence-corrected chi connectivity index (χ4v) is 2.69. The summed E-state index contributed by atoms with van der Waals surface area (Å²) < 4.78 is 16.1. The van der Waals surface area contributed by atoms with E-state index in [0.29, 0.717) is 42.5 Å². The van der Waals surface area contributed by atoms with E-state index >= 15 is 0 Å². The van der Waals surface area contributed by atoms with E-state index in [1.807, 2.05) is 13.0 Å². The van der Waals surface area contributed by atoms with Crippen LogP contribution in [0.2, 0.25) is 0 Å². The molecule has 0 aliphatic carbocycles. The van der Waals surface area contributed by atoms with E-state index < -0.39 is 0 Å². The van der Waals surface area contributed by atoms with Gasteiger partial charge in [-0.2, -0.15) is 0 Å². The molecule has 0 bridgehead atoms. The molecule has 0 radical (unpaired) electrons. The lowest BCUT2D eigenvalue weighted by molar-refractivity contribution is -0.0252. The van der Waals surface area contributed by atoms with Crippen LogP contribution in [0.1, 0.15) is 39.4 Å². The number of aromatic nitrogens is 3. The second-order valence-corrected chi connectivity index (χ2v) is 5.64. The largest absolute Gasteiger partial charge is 0.380 e. The number of amides is 1. The number of hydrogen-bond acceptors (Lipinski definition) is 7. The summed E-state index contributed by atoms with van der Waals surface area (Å²) in [6.45, 7) is 5.23. The van der Waals surface area contributed by atoms with Crippen molar-refractivity contribution in [3.05, 3.63) is 40.8 Å². The van der Waals surface area contributed by atoms with Crippen molar-refractivity contribution < 1.29 is 18.8 Å². The van der Waals surface area contributed by atoms with Crippen molar-refractivity contribution in [1.29, 1.82) is 0 Å². The van der Waals surface area contributed by atoms with E-state index in [0.717, 1.165) is 5.69 Å². The molecule has 1 saturated heterocycles. The average Bonchev–Trinajstić information content (AvgIpc) is 2.96. The molecule has 8 heteroatoms. The van der Waals surface area contributed by atoms with E-state index in [1.165, 1.54) is 0 Å². The van der Waals surface area contributed by atoms with Crippen LogP contribution in [0, 0.1) is 13.8 Å². The lowest BCUT2D eigenvalue weighted by atomic mass is 10.1. The minimum Gasteiger partial charge on any atom is -0.380 e. The van der Waals surface area contributed by atoms with Crippen LogP contribution in [-0.4, -0.2) is 52.7 Å². The van der Waals surface area contributed by atoms with Crippen molar-refractivity contribution in [1.82, 2.24) is 20.0 Å². The van der Waals surface area contributed by atoms with Gasteiger partial charge in [-0.15, -0.1) is 0 Å². The number of carbonyl (C=O) groups excluding carboxylic acids is 1. The highest BCUT2D eigenvalue weighted by Gasteiger charge is 2.30. The maximum absolute atomic E-state index is 12.8. The van der Waals surface area contributed by atoms with Gasteiger partial charge in [-0.1, -0.05) is 5.16 Å². The first kappa shape index (κ1) is 16.5. The summed E-state index contributed by atoms with van der Waals surface area (Å²) in [6.07, 6.45) is 1.42. The Labute approximate surface area is 139 Å². The van der Waals surface area contributed by atoms with Crippen LogP contribution in [0.4, 0.5) is 0 Å². The molecule has 8 nitrogen and oxygen atoms in total. The third-order valence-electron chi connectivity index (χ3n) is 3.96. The second kappa shape index (κ2) is 7.06. The standard InChI is InChI=1S/C16H20N4O4/c1-10-12(9-22-3)15(19-24-10)16(21)20-6-7-23-14(8-20)13-4-5-17-11(2)18-13/h4-5,14H,6-9H2,1-3H3/t14-/m0/s1. The molecule has 0 unspecified atom stereocenters. The summed E-state index contributed by atoms with van der Waals surface area (Å²) in [5.74, 6) is 1.09. The van der Waals surface area contributed by atoms with E-state index in [9.17, 15) is 4.79 Å². The lowest BCUT2D eigenvalue weighted by Gasteiger charge is -2.32. The highest BCUT2D eigenvalue weighted by atomic mass is 16.5. The maximum atomic E-state index is 12.8. The van der Waals surface area contributed by atoms with Gasteiger partial charge >= 0.3 is 0 Å². The van der Waals surface area contributed by atoms with Crippen LogP contribution in [0.5, 0.6) is 0 Å². The van der Waals surface area contributed by atoms with E-state index in [2.05, 4.69) is 15.1 Å². The first-order valence-electron chi connectivity index (χ1n) is 7.74. The zero-order chi connectivity index (χ0) is 17.1. The monoisotopic (exact) mass is 332 g/mol. The van der Waals surface area contributed by atoms with Crippen molar-refractivity contribution >= 4 is 5.91 Å². The van der Waals surface area contributed by atoms with Crippen LogP contribution in [-0.2, 0) is 16.1 Å². The summed E-state index contributed by atoms with van der Waals surface area (Å²) in [4.78, 5) is 23.0. The van der Waals surface area contributed by atoms with Gasteiger partial charge in [-0.05, 0) is 19.9 Å². The van der Waals surface area contributed by atoms with Gasteiger partial charge in [0, 0.05) is 19.9 Å². The SMILES string of the molecule is COCc1c(C(=O)N2CCO[C@H](c3ccnc(C)n3)C2)noc1C. The molecule has 0 saturated carbocycles. The zero-order valence-corrected chi connectivity index (χ0v) is 14.0. The summed E-state index contributed by atoms with van der Waals surface area (Å²) >= 11 is 0.